The van der Waals surface area contributed by atoms with Gasteiger partial charge in [-0.3, -0.25) is 4.79 Å². The lowest BCUT2D eigenvalue weighted by Crippen LogP contribution is -2.28. The number of rotatable bonds is 1. The van der Waals surface area contributed by atoms with Gasteiger partial charge in [-0.2, -0.15) is 0 Å². The number of nitrogens with zero attached hydrogens (tertiary/aromatic N) is 1. The minimum absolute atomic E-state index is 0.0510. The standard InChI is InChI=1S/C14H16N2O2/c1-9-4-5-16(8-9)14(18)13-6-10-2-3-11(17)7-12(10)15-13/h2-3,6-7,9,15,17H,4-5,8H2,1H3/t9-/m1/s1. The molecule has 1 amide bonds. The number of phenols is 1. The Kier molecular flexibility index (Phi) is 2.51. The van der Waals surface area contributed by atoms with Crippen molar-refractivity contribution in [1.82, 2.24) is 9.88 Å². The van der Waals surface area contributed by atoms with Gasteiger partial charge in [-0.1, -0.05) is 6.92 Å². The van der Waals surface area contributed by atoms with E-state index in [1.165, 1.54) is 0 Å². The summed E-state index contributed by atoms with van der Waals surface area (Å²) in [7, 11) is 0. The largest absolute Gasteiger partial charge is 0.508 e. The van der Waals surface area contributed by atoms with Crippen molar-refractivity contribution in [3.8, 4) is 5.75 Å². The quantitative estimate of drug-likeness (QED) is 0.809. The molecule has 3 rings (SSSR count). The number of benzene rings is 1. The SMILES string of the molecule is C[C@@H]1CCN(C(=O)c2cc3ccc(O)cc3[nH]2)C1. The number of aromatic amines is 1. The van der Waals surface area contributed by atoms with E-state index in [9.17, 15) is 9.90 Å². The fourth-order valence-electron chi connectivity index (χ4n) is 2.52. The molecule has 1 atom stereocenters. The summed E-state index contributed by atoms with van der Waals surface area (Å²) in [5.74, 6) is 0.843. The molecule has 4 heteroatoms. The molecule has 1 fully saturated rings. The maximum Gasteiger partial charge on any atom is 0.270 e. The summed E-state index contributed by atoms with van der Waals surface area (Å²) < 4.78 is 0. The van der Waals surface area contributed by atoms with Crippen LogP contribution in [0.15, 0.2) is 24.3 Å². The summed E-state index contributed by atoms with van der Waals surface area (Å²) >= 11 is 0. The van der Waals surface area contributed by atoms with Crippen molar-refractivity contribution in [2.75, 3.05) is 13.1 Å². The molecule has 2 heterocycles. The fourth-order valence-corrected chi connectivity index (χ4v) is 2.52. The van der Waals surface area contributed by atoms with E-state index in [4.69, 9.17) is 0 Å². The molecule has 0 radical (unpaired) electrons. The van der Waals surface area contributed by atoms with Gasteiger partial charge in [-0.25, -0.2) is 0 Å². The number of fused-ring (bicyclic) bond motifs is 1. The third kappa shape index (κ3) is 1.83. The highest BCUT2D eigenvalue weighted by Gasteiger charge is 2.25. The molecule has 1 aromatic heterocycles. The highest BCUT2D eigenvalue weighted by atomic mass is 16.3. The Bertz CT molecular complexity index is 603. The average Bonchev–Trinajstić information content (AvgIpc) is 2.93. The van der Waals surface area contributed by atoms with Gasteiger partial charge < -0.3 is 15.0 Å². The third-order valence-electron chi connectivity index (χ3n) is 3.55. The van der Waals surface area contributed by atoms with Crippen LogP contribution in [0, 0.1) is 5.92 Å². The van der Waals surface area contributed by atoms with Crippen molar-refractivity contribution < 1.29 is 9.90 Å². The zero-order valence-corrected chi connectivity index (χ0v) is 10.3. The number of aromatic hydroxyl groups is 1. The zero-order valence-electron chi connectivity index (χ0n) is 10.3. The van der Waals surface area contributed by atoms with Crippen molar-refractivity contribution >= 4 is 16.8 Å². The number of hydrogen-bond donors (Lipinski definition) is 2. The van der Waals surface area contributed by atoms with Crippen LogP contribution < -0.4 is 0 Å². The zero-order chi connectivity index (χ0) is 12.7. The number of hydrogen-bond acceptors (Lipinski definition) is 2. The van der Waals surface area contributed by atoms with E-state index in [0.717, 1.165) is 30.4 Å². The van der Waals surface area contributed by atoms with E-state index in [0.29, 0.717) is 11.6 Å². The number of phenolic OH excluding ortho intramolecular Hbond substituents is 1. The molecular formula is C14H16N2O2. The van der Waals surface area contributed by atoms with Gasteiger partial charge in [0.25, 0.3) is 5.91 Å². The van der Waals surface area contributed by atoms with Crippen molar-refractivity contribution in [3.05, 3.63) is 30.0 Å². The first-order chi connectivity index (χ1) is 8.63. The van der Waals surface area contributed by atoms with Crippen LogP contribution in [0.3, 0.4) is 0 Å². The van der Waals surface area contributed by atoms with Crippen LogP contribution in [0.1, 0.15) is 23.8 Å². The van der Waals surface area contributed by atoms with E-state index in [2.05, 4.69) is 11.9 Å². The maximum absolute atomic E-state index is 12.3. The topological polar surface area (TPSA) is 56.3 Å². The van der Waals surface area contributed by atoms with E-state index in [1.807, 2.05) is 17.0 Å². The number of amides is 1. The second-order valence-corrected chi connectivity index (χ2v) is 5.10. The molecule has 2 N–H and O–H groups in total. The van der Waals surface area contributed by atoms with Crippen LogP contribution in [-0.2, 0) is 0 Å². The minimum Gasteiger partial charge on any atom is -0.508 e. The monoisotopic (exact) mass is 244 g/mol. The second kappa shape index (κ2) is 4.05. The van der Waals surface area contributed by atoms with Crippen LogP contribution in [0.25, 0.3) is 10.9 Å². The molecule has 2 aromatic rings. The molecule has 0 bridgehead atoms. The van der Waals surface area contributed by atoms with Gasteiger partial charge in [0, 0.05) is 30.1 Å². The van der Waals surface area contributed by atoms with Gasteiger partial charge in [0.1, 0.15) is 11.4 Å². The molecule has 0 aliphatic carbocycles. The molecule has 18 heavy (non-hydrogen) atoms. The Morgan fingerprint density at radius 3 is 3.00 bits per heavy atom. The highest BCUT2D eigenvalue weighted by molar-refractivity contribution is 5.98. The number of carbonyl (C=O) groups excluding carboxylic acids is 1. The predicted molar refractivity (Wildman–Crippen MR) is 69.6 cm³/mol. The highest BCUT2D eigenvalue weighted by Crippen LogP contribution is 2.23. The lowest BCUT2D eigenvalue weighted by atomic mass is 10.2. The van der Waals surface area contributed by atoms with E-state index in [-0.39, 0.29) is 11.7 Å². The summed E-state index contributed by atoms with van der Waals surface area (Å²) in [5, 5.41) is 10.4. The van der Waals surface area contributed by atoms with Crippen LogP contribution in [0.5, 0.6) is 5.75 Å². The molecule has 1 saturated heterocycles. The van der Waals surface area contributed by atoms with Gasteiger partial charge in [-0.15, -0.1) is 0 Å². The van der Waals surface area contributed by atoms with E-state index in [1.54, 1.807) is 12.1 Å². The molecule has 0 unspecified atom stereocenters. The number of aromatic nitrogens is 1. The predicted octanol–water partition coefficient (Wildman–Crippen LogP) is 2.36. The maximum atomic E-state index is 12.3. The summed E-state index contributed by atoms with van der Waals surface area (Å²) in [5.41, 5.74) is 1.40. The van der Waals surface area contributed by atoms with Gasteiger partial charge in [0.15, 0.2) is 0 Å². The first-order valence-electron chi connectivity index (χ1n) is 6.24. The Balaban J connectivity index is 1.92. The van der Waals surface area contributed by atoms with E-state index >= 15 is 0 Å². The normalized spacial score (nSPS) is 19.6. The Labute approximate surface area is 105 Å². The summed E-state index contributed by atoms with van der Waals surface area (Å²) in [6, 6.07) is 6.92. The molecule has 1 aliphatic heterocycles. The van der Waals surface area contributed by atoms with Crippen molar-refractivity contribution in [3.63, 3.8) is 0 Å². The Morgan fingerprint density at radius 2 is 2.28 bits per heavy atom. The summed E-state index contributed by atoms with van der Waals surface area (Å²) in [6.07, 6.45) is 1.08. The molecule has 1 aromatic carbocycles. The summed E-state index contributed by atoms with van der Waals surface area (Å²) in [6.45, 7) is 3.83. The van der Waals surface area contributed by atoms with Crippen LogP contribution in [-0.4, -0.2) is 34.0 Å². The Morgan fingerprint density at radius 1 is 1.44 bits per heavy atom. The van der Waals surface area contributed by atoms with Crippen molar-refractivity contribution in [1.29, 1.82) is 0 Å². The molecule has 0 spiro atoms. The molecule has 0 saturated carbocycles. The average molecular weight is 244 g/mol. The first-order valence-corrected chi connectivity index (χ1v) is 6.24. The number of likely N-dealkylation sites (tertiary alicyclic amines) is 1. The molecule has 1 aliphatic rings. The van der Waals surface area contributed by atoms with Crippen LogP contribution in [0.2, 0.25) is 0 Å². The van der Waals surface area contributed by atoms with Gasteiger partial charge >= 0.3 is 0 Å². The van der Waals surface area contributed by atoms with Crippen LogP contribution in [0.4, 0.5) is 0 Å². The molecular weight excluding hydrogens is 228 g/mol. The summed E-state index contributed by atoms with van der Waals surface area (Å²) in [4.78, 5) is 17.2. The molecule has 94 valence electrons. The smallest absolute Gasteiger partial charge is 0.270 e. The minimum atomic E-state index is 0.0510. The third-order valence-corrected chi connectivity index (χ3v) is 3.55. The Hall–Kier alpha value is -1.97. The number of nitrogens with one attached hydrogen (secondary N) is 1. The van der Waals surface area contributed by atoms with Gasteiger partial charge in [0.2, 0.25) is 0 Å². The fraction of sp³-hybridized carbons (Fsp3) is 0.357. The van der Waals surface area contributed by atoms with E-state index < -0.39 is 0 Å². The van der Waals surface area contributed by atoms with Crippen molar-refractivity contribution in [2.24, 2.45) is 5.92 Å². The van der Waals surface area contributed by atoms with Crippen LogP contribution >= 0.6 is 0 Å². The lowest BCUT2D eigenvalue weighted by molar-refractivity contribution is 0.0783. The van der Waals surface area contributed by atoms with Crippen molar-refractivity contribution in [2.45, 2.75) is 13.3 Å². The number of carbonyl (C=O) groups is 1. The second-order valence-electron chi connectivity index (χ2n) is 5.10. The first kappa shape index (κ1) is 11.1. The van der Waals surface area contributed by atoms with Gasteiger partial charge in [-0.05, 0) is 30.5 Å². The van der Waals surface area contributed by atoms with Gasteiger partial charge in [0.05, 0.1) is 0 Å². The molecule has 4 nitrogen and oxygen atoms in total. The lowest BCUT2D eigenvalue weighted by Gasteiger charge is -2.14. The number of H-pyrrole nitrogens is 1.